The molecule has 1 aliphatic rings. The Balaban J connectivity index is 0.000000817. The second-order valence-corrected chi connectivity index (χ2v) is 6.66. The molecule has 2 aromatic carbocycles. The first-order valence-electron chi connectivity index (χ1n) is 8.00. The van der Waals surface area contributed by atoms with Crippen LogP contribution in [0.2, 0.25) is 0 Å². The van der Waals surface area contributed by atoms with Crippen molar-refractivity contribution in [2.24, 2.45) is 5.73 Å². The van der Waals surface area contributed by atoms with Crippen LogP contribution in [0.5, 0.6) is 0 Å². The van der Waals surface area contributed by atoms with Crippen LogP contribution >= 0.6 is 15.9 Å². The number of rotatable bonds is 3. The summed E-state index contributed by atoms with van der Waals surface area (Å²) in [6.07, 6.45) is 1.48. The van der Waals surface area contributed by atoms with Gasteiger partial charge in [0.1, 0.15) is 0 Å². The van der Waals surface area contributed by atoms with E-state index in [1.165, 1.54) is 6.21 Å². The van der Waals surface area contributed by atoms with E-state index in [-0.39, 0.29) is 18.5 Å². The van der Waals surface area contributed by atoms with Gasteiger partial charge < -0.3 is 27.5 Å². The number of amides is 3. The predicted octanol–water partition coefficient (Wildman–Crippen LogP) is 2.92. The number of urea groups is 1. The van der Waals surface area contributed by atoms with Crippen molar-refractivity contribution in [1.82, 2.24) is 10.6 Å². The number of primary amides is 1. The van der Waals surface area contributed by atoms with Gasteiger partial charge in [0.15, 0.2) is 0 Å². The zero-order chi connectivity index (χ0) is 20.0. The first-order valence-corrected chi connectivity index (χ1v) is 8.80. The van der Waals surface area contributed by atoms with Crippen LogP contribution in [0.4, 0.5) is 10.5 Å². The Kier molecular flexibility index (Phi) is 6.73. The molecule has 0 saturated heterocycles. The lowest BCUT2D eigenvalue weighted by Crippen LogP contribution is -2.42. The molecule has 0 aliphatic carbocycles. The lowest BCUT2D eigenvalue weighted by molar-refractivity contribution is -0.106. The first kappa shape index (κ1) is 20.2. The molecule has 27 heavy (non-hydrogen) atoms. The van der Waals surface area contributed by atoms with Gasteiger partial charge in [0.25, 0.3) is 0 Å². The summed E-state index contributed by atoms with van der Waals surface area (Å²) in [4.78, 5) is 20.5. The summed E-state index contributed by atoms with van der Waals surface area (Å²) in [7, 11) is 0. The molecular formula is C19H20BrN5O2. The highest BCUT2D eigenvalue weighted by atomic mass is 79.9. The molecule has 0 aromatic heterocycles. The summed E-state index contributed by atoms with van der Waals surface area (Å²) < 4.78 is 0.979. The van der Waals surface area contributed by atoms with E-state index in [1.807, 2.05) is 43.3 Å². The maximum atomic E-state index is 12.0. The van der Waals surface area contributed by atoms with E-state index in [0.717, 1.165) is 26.9 Å². The maximum absolute atomic E-state index is 12.0. The van der Waals surface area contributed by atoms with Gasteiger partial charge in [0, 0.05) is 33.2 Å². The molecule has 1 unspecified atom stereocenters. The summed E-state index contributed by atoms with van der Waals surface area (Å²) in [5.74, 6) is 0. The average molecular weight is 430 g/mol. The molecule has 3 rings (SSSR count). The van der Waals surface area contributed by atoms with E-state index < -0.39 is 0 Å². The molecule has 0 radical (unpaired) electrons. The molecule has 8 heteroatoms. The van der Waals surface area contributed by atoms with Gasteiger partial charge >= 0.3 is 6.03 Å². The standard InChI is InChI=1S/C18H17BrN4O.CH3NO/c1-10-16(12-4-7-15(21)13(8-12)9-20)17(23-18(24)22-10)11-2-5-14(19)6-3-11;2-1-3/h2-9,17,20H,21H2,1H3,(H2,22,23,24);1H,(H2,2,3). The SMILES string of the molecule is CC1=C(c2ccc(N)c(C=N)c2)C(c2ccc(Br)cc2)NC(=O)N1.NC=O. The molecule has 7 nitrogen and oxygen atoms in total. The van der Waals surface area contributed by atoms with Crippen molar-refractivity contribution < 1.29 is 9.59 Å². The molecule has 0 spiro atoms. The number of anilines is 1. The number of nitrogen functional groups attached to an aromatic ring is 1. The monoisotopic (exact) mass is 429 g/mol. The lowest BCUT2D eigenvalue weighted by Gasteiger charge is -2.30. The van der Waals surface area contributed by atoms with Gasteiger partial charge in [-0.15, -0.1) is 0 Å². The topological polar surface area (TPSA) is 134 Å². The van der Waals surface area contributed by atoms with Crippen molar-refractivity contribution in [1.29, 1.82) is 5.41 Å². The number of hydrogen-bond acceptors (Lipinski definition) is 4. The van der Waals surface area contributed by atoms with Crippen LogP contribution in [0.15, 0.2) is 52.6 Å². The first-order chi connectivity index (χ1) is 12.9. The third kappa shape index (κ3) is 4.73. The Bertz CT molecular complexity index is 893. The minimum absolute atomic E-state index is 0.230. The maximum Gasteiger partial charge on any atom is 0.319 e. The van der Waals surface area contributed by atoms with Gasteiger partial charge in [0.05, 0.1) is 6.04 Å². The van der Waals surface area contributed by atoms with Crippen LogP contribution < -0.4 is 22.1 Å². The second-order valence-electron chi connectivity index (χ2n) is 5.75. The molecular weight excluding hydrogens is 410 g/mol. The second kappa shape index (κ2) is 9.00. The third-order valence-electron chi connectivity index (χ3n) is 4.03. The number of halogens is 1. The number of benzene rings is 2. The van der Waals surface area contributed by atoms with Crippen LogP contribution in [-0.2, 0) is 4.79 Å². The van der Waals surface area contributed by atoms with E-state index in [1.54, 1.807) is 6.07 Å². The van der Waals surface area contributed by atoms with Gasteiger partial charge in [-0.25, -0.2) is 4.79 Å². The fourth-order valence-corrected chi connectivity index (χ4v) is 3.11. The summed E-state index contributed by atoms with van der Waals surface area (Å²) in [5, 5.41) is 13.3. The molecule has 1 heterocycles. The van der Waals surface area contributed by atoms with Crippen LogP contribution in [-0.4, -0.2) is 18.7 Å². The van der Waals surface area contributed by atoms with E-state index in [2.05, 4.69) is 32.3 Å². The molecule has 0 fully saturated rings. The van der Waals surface area contributed by atoms with Crippen molar-refractivity contribution in [3.63, 3.8) is 0 Å². The summed E-state index contributed by atoms with van der Waals surface area (Å²) in [6, 6.07) is 12.9. The zero-order valence-corrected chi connectivity index (χ0v) is 16.2. The highest BCUT2D eigenvalue weighted by Gasteiger charge is 2.27. The summed E-state index contributed by atoms with van der Waals surface area (Å²) in [6.45, 7) is 1.88. The van der Waals surface area contributed by atoms with Crippen LogP contribution in [0, 0.1) is 5.41 Å². The highest BCUT2D eigenvalue weighted by Crippen LogP contribution is 2.35. The fraction of sp³-hybridized carbons (Fsp3) is 0.105. The normalized spacial score (nSPS) is 15.8. The predicted molar refractivity (Wildman–Crippen MR) is 110 cm³/mol. The number of nitrogens with one attached hydrogen (secondary N) is 3. The summed E-state index contributed by atoms with van der Waals surface area (Å²) >= 11 is 3.43. The van der Waals surface area contributed by atoms with Crippen molar-refractivity contribution >= 4 is 45.8 Å². The third-order valence-corrected chi connectivity index (χ3v) is 4.55. The van der Waals surface area contributed by atoms with E-state index >= 15 is 0 Å². The molecule has 0 bridgehead atoms. The molecule has 3 amide bonds. The smallest absolute Gasteiger partial charge is 0.319 e. The summed E-state index contributed by atoms with van der Waals surface area (Å²) in [5.41, 5.74) is 14.9. The quantitative estimate of drug-likeness (QED) is 0.291. The minimum Gasteiger partial charge on any atom is -0.398 e. The van der Waals surface area contributed by atoms with Crippen LogP contribution in [0.25, 0.3) is 5.57 Å². The van der Waals surface area contributed by atoms with E-state index in [4.69, 9.17) is 15.9 Å². The van der Waals surface area contributed by atoms with Crippen molar-refractivity contribution in [3.05, 3.63) is 69.3 Å². The Morgan fingerprint density at radius 1 is 1.19 bits per heavy atom. The van der Waals surface area contributed by atoms with Crippen molar-refractivity contribution in [3.8, 4) is 0 Å². The number of hydrogen-bond donors (Lipinski definition) is 5. The number of carbonyl (C=O) groups is 2. The molecule has 2 aromatic rings. The largest absolute Gasteiger partial charge is 0.398 e. The Morgan fingerprint density at radius 3 is 2.41 bits per heavy atom. The van der Waals surface area contributed by atoms with Gasteiger partial charge in [-0.05, 0) is 42.3 Å². The van der Waals surface area contributed by atoms with Gasteiger partial charge in [-0.3, -0.25) is 4.79 Å². The van der Waals surface area contributed by atoms with Crippen LogP contribution in [0.3, 0.4) is 0 Å². The van der Waals surface area contributed by atoms with E-state index in [0.29, 0.717) is 11.3 Å². The Hall–Kier alpha value is -3.13. The molecule has 1 aliphatic heterocycles. The average Bonchev–Trinajstić information content (AvgIpc) is 2.63. The Morgan fingerprint density at radius 2 is 1.81 bits per heavy atom. The van der Waals surface area contributed by atoms with Crippen molar-refractivity contribution in [2.45, 2.75) is 13.0 Å². The zero-order valence-electron chi connectivity index (χ0n) is 14.6. The van der Waals surface area contributed by atoms with Crippen LogP contribution in [0.1, 0.15) is 29.7 Å². The molecule has 140 valence electrons. The molecule has 7 N–H and O–H groups in total. The van der Waals surface area contributed by atoms with Gasteiger partial charge in [-0.1, -0.05) is 34.1 Å². The number of nitrogens with two attached hydrogens (primary N) is 2. The Labute approximate surface area is 165 Å². The minimum atomic E-state index is -0.269. The van der Waals surface area contributed by atoms with Crippen molar-refractivity contribution in [2.75, 3.05) is 5.73 Å². The molecule has 1 atom stereocenters. The fourth-order valence-electron chi connectivity index (χ4n) is 2.85. The van der Waals surface area contributed by atoms with Gasteiger partial charge in [0.2, 0.25) is 6.41 Å². The molecule has 0 saturated carbocycles. The van der Waals surface area contributed by atoms with E-state index in [9.17, 15) is 4.79 Å². The number of carbonyl (C=O) groups excluding carboxylic acids is 2. The highest BCUT2D eigenvalue weighted by molar-refractivity contribution is 9.10. The lowest BCUT2D eigenvalue weighted by atomic mass is 9.89. The van der Waals surface area contributed by atoms with Gasteiger partial charge in [-0.2, -0.15) is 0 Å². The number of allylic oxidation sites excluding steroid dienone is 1.